The summed E-state index contributed by atoms with van der Waals surface area (Å²) in [7, 11) is -2.28. The number of methoxy groups -OCH3 is 1. The molecule has 0 aromatic heterocycles. The molecule has 8 nitrogen and oxygen atoms in total. The second kappa shape index (κ2) is 9.74. The van der Waals surface area contributed by atoms with Crippen molar-refractivity contribution in [2.24, 2.45) is 0 Å². The first-order valence-electron chi connectivity index (χ1n) is 8.66. The van der Waals surface area contributed by atoms with E-state index in [1.165, 1.54) is 19.3 Å². The SMILES string of the molecule is C=CCNC(=O)c1ccccc1NC(=O)CN(c1cccc(OC)c1)S(C)(=O)=O. The highest BCUT2D eigenvalue weighted by Crippen LogP contribution is 2.23. The Bertz CT molecular complexity index is 1000. The average Bonchev–Trinajstić information content (AvgIpc) is 2.69. The van der Waals surface area contributed by atoms with E-state index in [2.05, 4.69) is 17.2 Å². The van der Waals surface area contributed by atoms with Gasteiger partial charge in [0.05, 0.1) is 30.3 Å². The van der Waals surface area contributed by atoms with Gasteiger partial charge in [0.15, 0.2) is 0 Å². The zero-order valence-electron chi connectivity index (χ0n) is 16.2. The fourth-order valence-electron chi connectivity index (χ4n) is 2.54. The van der Waals surface area contributed by atoms with Gasteiger partial charge in [-0.15, -0.1) is 6.58 Å². The monoisotopic (exact) mass is 417 g/mol. The maximum Gasteiger partial charge on any atom is 0.253 e. The van der Waals surface area contributed by atoms with Gasteiger partial charge in [0.25, 0.3) is 5.91 Å². The van der Waals surface area contributed by atoms with Crippen LogP contribution in [0, 0.1) is 0 Å². The zero-order valence-corrected chi connectivity index (χ0v) is 17.0. The highest BCUT2D eigenvalue weighted by Gasteiger charge is 2.22. The lowest BCUT2D eigenvalue weighted by atomic mass is 10.1. The molecular formula is C20H23N3O5S. The maximum atomic E-state index is 12.6. The number of rotatable bonds is 9. The maximum absolute atomic E-state index is 12.6. The molecule has 0 saturated carbocycles. The molecule has 0 heterocycles. The van der Waals surface area contributed by atoms with E-state index in [0.717, 1.165) is 10.6 Å². The molecule has 2 N–H and O–H groups in total. The first-order chi connectivity index (χ1) is 13.8. The number of carbonyl (C=O) groups excluding carboxylic acids is 2. The molecule has 0 bridgehead atoms. The van der Waals surface area contributed by atoms with Crippen LogP contribution in [0.4, 0.5) is 11.4 Å². The quantitative estimate of drug-likeness (QED) is 0.608. The number of para-hydroxylation sites is 1. The van der Waals surface area contributed by atoms with Crippen LogP contribution in [-0.4, -0.2) is 46.7 Å². The highest BCUT2D eigenvalue weighted by molar-refractivity contribution is 7.92. The minimum absolute atomic E-state index is 0.259. The average molecular weight is 417 g/mol. The summed E-state index contributed by atoms with van der Waals surface area (Å²) in [5.74, 6) is -0.517. The van der Waals surface area contributed by atoms with Crippen molar-refractivity contribution in [3.8, 4) is 5.75 Å². The van der Waals surface area contributed by atoms with E-state index in [9.17, 15) is 18.0 Å². The van der Waals surface area contributed by atoms with E-state index in [4.69, 9.17) is 4.74 Å². The number of carbonyl (C=O) groups is 2. The topological polar surface area (TPSA) is 105 Å². The summed E-state index contributed by atoms with van der Waals surface area (Å²) in [6, 6.07) is 12.8. The molecule has 2 rings (SSSR count). The summed E-state index contributed by atoms with van der Waals surface area (Å²) in [6.45, 7) is 3.35. The zero-order chi connectivity index (χ0) is 21.4. The summed E-state index contributed by atoms with van der Waals surface area (Å²) >= 11 is 0. The molecule has 2 aromatic carbocycles. The van der Waals surface area contributed by atoms with Gasteiger partial charge in [-0.05, 0) is 24.3 Å². The molecule has 29 heavy (non-hydrogen) atoms. The summed E-state index contributed by atoms with van der Waals surface area (Å²) in [5, 5.41) is 5.24. The third-order valence-corrected chi connectivity index (χ3v) is 5.02. The third kappa shape index (κ3) is 6.08. The molecule has 2 aromatic rings. The number of nitrogens with one attached hydrogen (secondary N) is 2. The number of sulfonamides is 1. The smallest absolute Gasteiger partial charge is 0.253 e. The number of amides is 2. The molecule has 0 aliphatic rings. The Labute approximate surface area is 170 Å². The van der Waals surface area contributed by atoms with Crippen molar-refractivity contribution in [2.75, 3.05) is 36.1 Å². The van der Waals surface area contributed by atoms with Gasteiger partial charge in [0.1, 0.15) is 12.3 Å². The van der Waals surface area contributed by atoms with Crippen LogP contribution in [0.15, 0.2) is 61.2 Å². The lowest BCUT2D eigenvalue weighted by Gasteiger charge is -2.22. The lowest BCUT2D eigenvalue weighted by molar-refractivity contribution is -0.114. The number of hydrogen-bond donors (Lipinski definition) is 2. The van der Waals surface area contributed by atoms with Gasteiger partial charge in [-0.25, -0.2) is 8.42 Å². The molecule has 0 aliphatic heterocycles. The van der Waals surface area contributed by atoms with E-state index in [0.29, 0.717) is 11.4 Å². The van der Waals surface area contributed by atoms with E-state index in [-0.39, 0.29) is 23.7 Å². The number of anilines is 2. The van der Waals surface area contributed by atoms with Crippen LogP contribution in [0.2, 0.25) is 0 Å². The van der Waals surface area contributed by atoms with Crippen molar-refractivity contribution in [3.63, 3.8) is 0 Å². The normalized spacial score (nSPS) is 10.7. The van der Waals surface area contributed by atoms with Crippen molar-refractivity contribution in [2.45, 2.75) is 0 Å². The van der Waals surface area contributed by atoms with Crippen molar-refractivity contribution in [3.05, 3.63) is 66.7 Å². The van der Waals surface area contributed by atoms with Crippen molar-refractivity contribution in [1.29, 1.82) is 0 Å². The van der Waals surface area contributed by atoms with Crippen molar-refractivity contribution < 1.29 is 22.7 Å². The Kier molecular flexibility index (Phi) is 7.38. The van der Waals surface area contributed by atoms with Gasteiger partial charge < -0.3 is 15.4 Å². The van der Waals surface area contributed by atoms with Crippen LogP contribution in [-0.2, 0) is 14.8 Å². The molecule has 0 saturated heterocycles. The van der Waals surface area contributed by atoms with Gasteiger partial charge in [0.2, 0.25) is 15.9 Å². The number of nitrogens with zero attached hydrogens (tertiary/aromatic N) is 1. The molecule has 154 valence electrons. The Balaban J connectivity index is 2.24. The second-order valence-electron chi connectivity index (χ2n) is 6.06. The number of ether oxygens (including phenoxy) is 1. The fraction of sp³-hybridized carbons (Fsp3) is 0.200. The van der Waals surface area contributed by atoms with Gasteiger partial charge in [0, 0.05) is 12.6 Å². The van der Waals surface area contributed by atoms with Crippen molar-refractivity contribution in [1.82, 2.24) is 5.32 Å². The Morgan fingerprint density at radius 3 is 2.55 bits per heavy atom. The molecular weight excluding hydrogens is 394 g/mol. The van der Waals surface area contributed by atoms with Gasteiger partial charge in [-0.3, -0.25) is 13.9 Å². The number of hydrogen-bond acceptors (Lipinski definition) is 5. The van der Waals surface area contributed by atoms with Crippen LogP contribution in [0.3, 0.4) is 0 Å². The minimum Gasteiger partial charge on any atom is -0.497 e. The van der Waals surface area contributed by atoms with Gasteiger partial charge in [-0.2, -0.15) is 0 Å². The molecule has 2 amide bonds. The number of benzene rings is 2. The molecule has 0 unspecified atom stereocenters. The van der Waals surface area contributed by atoms with Gasteiger partial charge >= 0.3 is 0 Å². The van der Waals surface area contributed by atoms with Crippen LogP contribution in [0.1, 0.15) is 10.4 Å². The van der Waals surface area contributed by atoms with E-state index >= 15 is 0 Å². The summed E-state index contributed by atoms with van der Waals surface area (Å²) in [6.07, 6.45) is 2.55. The molecule has 0 atom stereocenters. The molecule has 9 heteroatoms. The summed E-state index contributed by atoms with van der Waals surface area (Å²) in [5.41, 5.74) is 0.826. The van der Waals surface area contributed by atoms with Crippen LogP contribution < -0.4 is 19.7 Å². The highest BCUT2D eigenvalue weighted by atomic mass is 32.2. The Morgan fingerprint density at radius 2 is 1.90 bits per heavy atom. The summed E-state index contributed by atoms with van der Waals surface area (Å²) in [4.78, 5) is 24.8. The third-order valence-electron chi connectivity index (χ3n) is 3.88. The van der Waals surface area contributed by atoms with E-state index in [1.807, 2.05) is 0 Å². The predicted octanol–water partition coefficient (Wildman–Crippen LogP) is 2.02. The van der Waals surface area contributed by atoms with E-state index < -0.39 is 22.5 Å². The first kappa shape index (κ1) is 22.0. The second-order valence-corrected chi connectivity index (χ2v) is 7.97. The molecule has 0 aliphatic carbocycles. The Morgan fingerprint density at radius 1 is 1.17 bits per heavy atom. The summed E-state index contributed by atoms with van der Waals surface area (Å²) < 4.78 is 30.6. The van der Waals surface area contributed by atoms with Crippen LogP contribution in [0.25, 0.3) is 0 Å². The fourth-order valence-corrected chi connectivity index (χ4v) is 3.38. The van der Waals surface area contributed by atoms with Gasteiger partial charge in [-0.1, -0.05) is 24.3 Å². The van der Waals surface area contributed by atoms with Crippen LogP contribution >= 0.6 is 0 Å². The van der Waals surface area contributed by atoms with Crippen molar-refractivity contribution >= 4 is 33.2 Å². The molecule has 0 radical (unpaired) electrons. The van der Waals surface area contributed by atoms with E-state index in [1.54, 1.807) is 42.5 Å². The minimum atomic E-state index is -3.74. The standard InChI is InChI=1S/C20H23N3O5S/c1-4-12-21-20(25)17-10-5-6-11-18(17)22-19(24)14-23(29(3,26)27)15-8-7-9-16(13-15)28-2/h4-11,13H,1,12,14H2,2-3H3,(H,21,25)(H,22,24). The molecule has 0 spiro atoms. The first-order valence-corrected chi connectivity index (χ1v) is 10.5. The molecule has 0 fully saturated rings. The largest absolute Gasteiger partial charge is 0.497 e. The van der Waals surface area contributed by atoms with Crippen LogP contribution in [0.5, 0.6) is 5.75 Å². The lowest BCUT2D eigenvalue weighted by Crippen LogP contribution is -2.37. The predicted molar refractivity (Wildman–Crippen MR) is 113 cm³/mol. The Hall–Kier alpha value is -3.33.